The molecule has 5 heteroatoms. The predicted octanol–water partition coefficient (Wildman–Crippen LogP) is 1.71. The monoisotopic (exact) mass is 276 g/mol. The van der Waals surface area contributed by atoms with E-state index in [1.807, 2.05) is 18.7 Å². The molecule has 3 N–H and O–H groups in total. The summed E-state index contributed by atoms with van der Waals surface area (Å²) in [6.45, 7) is 6.86. The second kappa shape index (κ2) is 6.90. The summed E-state index contributed by atoms with van der Waals surface area (Å²) >= 11 is 3.63. The molecule has 0 aliphatic carbocycles. The van der Waals surface area contributed by atoms with Crippen LogP contribution in [0.1, 0.15) is 27.2 Å². The van der Waals surface area contributed by atoms with Gasteiger partial charge in [0.15, 0.2) is 0 Å². The largest absolute Gasteiger partial charge is 0.349 e. The molecule has 100 valence electrons. The third kappa shape index (κ3) is 5.10. The molecule has 17 heavy (non-hydrogen) atoms. The van der Waals surface area contributed by atoms with E-state index < -0.39 is 0 Å². The van der Waals surface area contributed by atoms with Crippen molar-refractivity contribution in [3.63, 3.8) is 0 Å². The summed E-state index contributed by atoms with van der Waals surface area (Å²) in [5, 5.41) is 3.25. The smallest absolute Gasteiger partial charge is 0.234 e. The van der Waals surface area contributed by atoms with Gasteiger partial charge in [0.1, 0.15) is 0 Å². The van der Waals surface area contributed by atoms with E-state index in [1.54, 1.807) is 11.8 Å². The van der Waals surface area contributed by atoms with Crippen molar-refractivity contribution in [3.05, 3.63) is 0 Å². The van der Waals surface area contributed by atoms with Gasteiger partial charge >= 0.3 is 0 Å². The fraction of sp³-hybridized carbons (Fsp3) is 0.917. The van der Waals surface area contributed by atoms with Gasteiger partial charge in [-0.15, -0.1) is 11.8 Å². The normalized spacial score (nSPS) is 24.4. The van der Waals surface area contributed by atoms with Gasteiger partial charge in [0.2, 0.25) is 5.91 Å². The number of hydrogen-bond acceptors (Lipinski definition) is 4. The van der Waals surface area contributed by atoms with Crippen LogP contribution in [-0.2, 0) is 4.79 Å². The number of carbonyl (C=O) groups excluding carboxylic acids is 1. The van der Waals surface area contributed by atoms with Crippen molar-refractivity contribution >= 4 is 29.4 Å². The van der Waals surface area contributed by atoms with Crippen LogP contribution < -0.4 is 11.1 Å². The van der Waals surface area contributed by atoms with E-state index in [-0.39, 0.29) is 16.7 Å². The fourth-order valence-corrected chi connectivity index (χ4v) is 4.66. The first-order valence-electron chi connectivity index (χ1n) is 6.18. The first-order valence-corrected chi connectivity index (χ1v) is 8.38. The average molecular weight is 276 g/mol. The SMILES string of the molecule is CC(C)CC(C)(CN)NC(=O)C1CSCCS1. The quantitative estimate of drug-likeness (QED) is 0.803. The molecule has 0 saturated carbocycles. The lowest BCUT2D eigenvalue weighted by atomic mass is 9.90. The lowest BCUT2D eigenvalue weighted by Gasteiger charge is -2.33. The van der Waals surface area contributed by atoms with Crippen molar-refractivity contribution in [1.29, 1.82) is 0 Å². The maximum absolute atomic E-state index is 12.2. The second-order valence-corrected chi connectivity index (χ2v) is 7.75. The highest BCUT2D eigenvalue weighted by Crippen LogP contribution is 2.25. The zero-order chi connectivity index (χ0) is 12.9. The van der Waals surface area contributed by atoms with Crippen LogP contribution in [-0.4, -0.2) is 40.5 Å². The van der Waals surface area contributed by atoms with E-state index >= 15 is 0 Å². The van der Waals surface area contributed by atoms with E-state index in [1.165, 1.54) is 0 Å². The molecule has 0 spiro atoms. The molecular formula is C12H24N2OS2. The Kier molecular flexibility index (Phi) is 6.17. The van der Waals surface area contributed by atoms with Crippen LogP contribution in [0.3, 0.4) is 0 Å². The Morgan fingerprint density at radius 2 is 2.24 bits per heavy atom. The van der Waals surface area contributed by atoms with E-state index in [4.69, 9.17) is 5.73 Å². The molecule has 1 amide bonds. The Balaban J connectivity index is 2.51. The Hall–Kier alpha value is 0.130. The number of rotatable bonds is 5. The van der Waals surface area contributed by atoms with Gasteiger partial charge in [0, 0.05) is 29.3 Å². The van der Waals surface area contributed by atoms with Gasteiger partial charge in [-0.2, -0.15) is 11.8 Å². The summed E-state index contributed by atoms with van der Waals surface area (Å²) in [4.78, 5) is 12.2. The van der Waals surface area contributed by atoms with Gasteiger partial charge in [-0.05, 0) is 19.3 Å². The number of thioether (sulfide) groups is 2. The standard InChI is InChI=1S/C12H24N2OS2/c1-9(2)6-12(3,8-13)14-11(15)10-7-16-4-5-17-10/h9-10H,4-8,13H2,1-3H3,(H,14,15). The molecule has 1 heterocycles. The van der Waals surface area contributed by atoms with Crippen LogP contribution in [0.2, 0.25) is 0 Å². The molecule has 0 radical (unpaired) electrons. The lowest BCUT2D eigenvalue weighted by molar-refractivity contribution is -0.122. The zero-order valence-electron chi connectivity index (χ0n) is 11.0. The third-order valence-electron chi connectivity index (χ3n) is 2.84. The molecule has 3 nitrogen and oxygen atoms in total. The highest BCUT2D eigenvalue weighted by Gasteiger charge is 2.30. The summed E-state index contributed by atoms with van der Waals surface area (Å²) < 4.78 is 0. The third-order valence-corrected chi connectivity index (χ3v) is 5.60. The molecule has 1 aliphatic heterocycles. The molecular weight excluding hydrogens is 252 g/mol. The molecule has 2 unspecified atom stereocenters. The van der Waals surface area contributed by atoms with Crippen molar-refractivity contribution in [3.8, 4) is 0 Å². The van der Waals surface area contributed by atoms with E-state index in [9.17, 15) is 4.79 Å². The van der Waals surface area contributed by atoms with Crippen LogP contribution in [0.25, 0.3) is 0 Å². The van der Waals surface area contributed by atoms with Crippen LogP contribution in [0.15, 0.2) is 0 Å². The van der Waals surface area contributed by atoms with Crippen molar-refractivity contribution in [2.24, 2.45) is 11.7 Å². The number of nitrogens with one attached hydrogen (secondary N) is 1. The number of nitrogens with two attached hydrogens (primary N) is 1. The summed E-state index contributed by atoms with van der Waals surface area (Å²) in [5.41, 5.74) is 5.55. The lowest BCUT2D eigenvalue weighted by Crippen LogP contribution is -2.55. The molecule has 1 rings (SSSR count). The van der Waals surface area contributed by atoms with Crippen molar-refractivity contribution in [1.82, 2.24) is 5.32 Å². The Bertz CT molecular complexity index is 255. The number of amides is 1. The zero-order valence-corrected chi connectivity index (χ0v) is 12.6. The van der Waals surface area contributed by atoms with Crippen LogP contribution >= 0.6 is 23.5 Å². The number of hydrogen-bond donors (Lipinski definition) is 2. The Labute approximate surface area is 113 Å². The highest BCUT2D eigenvalue weighted by atomic mass is 32.2. The minimum atomic E-state index is -0.256. The molecule has 2 atom stereocenters. The fourth-order valence-electron chi connectivity index (χ4n) is 2.10. The maximum atomic E-state index is 12.2. The van der Waals surface area contributed by atoms with Gasteiger partial charge in [0.25, 0.3) is 0 Å². The number of carbonyl (C=O) groups is 1. The Morgan fingerprint density at radius 1 is 1.53 bits per heavy atom. The molecule has 0 aromatic heterocycles. The van der Waals surface area contributed by atoms with Gasteiger partial charge in [-0.25, -0.2) is 0 Å². The van der Waals surface area contributed by atoms with Gasteiger partial charge in [-0.3, -0.25) is 4.79 Å². The topological polar surface area (TPSA) is 55.1 Å². The molecule has 0 aromatic rings. The van der Waals surface area contributed by atoms with E-state index in [0.717, 1.165) is 23.7 Å². The highest BCUT2D eigenvalue weighted by molar-refractivity contribution is 8.07. The molecule has 0 aromatic carbocycles. The van der Waals surface area contributed by atoms with Crippen LogP contribution in [0.4, 0.5) is 0 Å². The second-order valence-electron chi connectivity index (χ2n) is 5.29. The average Bonchev–Trinajstić information content (AvgIpc) is 2.29. The summed E-state index contributed by atoms with van der Waals surface area (Å²) in [6.07, 6.45) is 0.930. The van der Waals surface area contributed by atoms with Crippen molar-refractivity contribution < 1.29 is 4.79 Å². The Morgan fingerprint density at radius 3 is 2.71 bits per heavy atom. The van der Waals surface area contributed by atoms with E-state index in [0.29, 0.717) is 12.5 Å². The summed E-state index contributed by atoms with van der Waals surface area (Å²) in [7, 11) is 0. The minimum Gasteiger partial charge on any atom is -0.349 e. The van der Waals surface area contributed by atoms with Crippen LogP contribution in [0.5, 0.6) is 0 Å². The van der Waals surface area contributed by atoms with Crippen molar-refractivity contribution in [2.45, 2.75) is 38.0 Å². The molecule has 0 bridgehead atoms. The van der Waals surface area contributed by atoms with Crippen LogP contribution in [0, 0.1) is 5.92 Å². The predicted molar refractivity (Wildman–Crippen MR) is 78.6 cm³/mol. The minimum absolute atomic E-state index is 0.104. The first kappa shape index (κ1) is 15.2. The van der Waals surface area contributed by atoms with E-state index in [2.05, 4.69) is 19.2 Å². The molecule has 1 saturated heterocycles. The summed E-state index contributed by atoms with van der Waals surface area (Å²) in [6, 6.07) is 0. The summed E-state index contributed by atoms with van der Waals surface area (Å²) in [5.74, 6) is 3.87. The molecule has 1 fully saturated rings. The van der Waals surface area contributed by atoms with Crippen molar-refractivity contribution in [2.75, 3.05) is 23.8 Å². The van der Waals surface area contributed by atoms with Gasteiger partial charge in [0.05, 0.1) is 5.25 Å². The maximum Gasteiger partial charge on any atom is 0.234 e. The van der Waals surface area contributed by atoms with Gasteiger partial charge < -0.3 is 11.1 Å². The first-order chi connectivity index (χ1) is 7.97. The van der Waals surface area contributed by atoms with Gasteiger partial charge in [-0.1, -0.05) is 13.8 Å². The molecule has 1 aliphatic rings.